The van der Waals surface area contributed by atoms with Gasteiger partial charge in [-0.15, -0.1) is 11.3 Å². The highest BCUT2D eigenvalue weighted by atomic mass is 35.5. The topological polar surface area (TPSA) is 91.4 Å². The lowest BCUT2D eigenvalue weighted by Gasteiger charge is -2.17. The number of aromatic hydroxyl groups is 1. The maximum Gasteiger partial charge on any atom is 0.351 e. The van der Waals surface area contributed by atoms with Crippen LogP contribution in [0.5, 0.6) is 11.5 Å². The van der Waals surface area contributed by atoms with Crippen molar-refractivity contribution in [2.75, 3.05) is 7.11 Å². The van der Waals surface area contributed by atoms with Gasteiger partial charge in [0.2, 0.25) is 0 Å². The van der Waals surface area contributed by atoms with Gasteiger partial charge in [-0.05, 0) is 30.7 Å². The van der Waals surface area contributed by atoms with Crippen molar-refractivity contribution in [3.8, 4) is 27.6 Å². The van der Waals surface area contributed by atoms with Crippen molar-refractivity contribution in [2.45, 2.75) is 13.0 Å². The molecule has 0 amide bonds. The summed E-state index contributed by atoms with van der Waals surface area (Å²) in [5, 5.41) is 14.6. The molecule has 2 aromatic carbocycles. The van der Waals surface area contributed by atoms with Gasteiger partial charge in [0.05, 0.1) is 29.4 Å². The average Bonchev–Trinajstić information content (AvgIpc) is 3.59. The van der Waals surface area contributed by atoms with E-state index < -0.39 is 23.6 Å². The lowest BCUT2D eigenvalue weighted by Crippen LogP contribution is -2.07. The van der Waals surface area contributed by atoms with E-state index in [0.29, 0.717) is 10.6 Å². The smallest absolute Gasteiger partial charge is 0.351 e. The molecule has 1 unspecified atom stereocenters. The number of phenolic OH excluding ortho intramolecular Hbond substituents is 1. The van der Waals surface area contributed by atoms with Gasteiger partial charge in [0.1, 0.15) is 23.2 Å². The first-order valence-electron chi connectivity index (χ1n) is 10.8. The molecular formula is C25H20ClFN4O4S. The van der Waals surface area contributed by atoms with Crippen LogP contribution in [0.1, 0.15) is 28.3 Å². The molecule has 36 heavy (non-hydrogen) atoms. The Hall–Kier alpha value is -3.89. The summed E-state index contributed by atoms with van der Waals surface area (Å²) >= 11 is 7.31. The minimum absolute atomic E-state index is 0.150. The molecule has 1 N–H and O–H groups in total. The number of hydrogen-bond donors (Lipinski definition) is 1. The summed E-state index contributed by atoms with van der Waals surface area (Å²) in [5.74, 6) is -1.78. The Balaban J connectivity index is 1.51. The number of nitrogens with zero attached hydrogens (tertiary/aromatic N) is 4. The quantitative estimate of drug-likeness (QED) is 0.276. The second-order valence-electron chi connectivity index (χ2n) is 8.05. The number of aryl methyl sites for hydroxylation is 1. The van der Waals surface area contributed by atoms with Crippen LogP contribution in [-0.4, -0.2) is 37.5 Å². The molecule has 0 radical (unpaired) electrons. The summed E-state index contributed by atoms with van der Waals surface area (Å²) in [6, 6.07) is 10.1. The zero-order valence-corrected chi connectivity index (χ0v) is 21.0. The fraction of sp³-hybridized carbons (Fsp3) is 0.160. The number of carbonyl (C=O) groups excluding carboxylic acids is 1. The summed E-state index contributed by atoms with van der Waals surface area (Å²) in [6.07, 6.45) is 4.69. The number of ether oxygens (including phenoxy) is 2. The number of imidazole rings is 1. The van der Waals surface area contributed by atoms with E-state index >= 15 is 0 Å². The normalized spacial score (nSPS) is 12.1. The van der Waals surface area contributed by atoms with E-state index in [1.165, 1.54) is 24.5 Å². The predicted octanol–water partition coefficient (Wildman–Crippen LogP) is 5.91. The number of hydrogen-bond acceptors (Lipinski definition) is 7. The van der Waals surface area contributed by atoms with Gasteiger partial charge < -0.3 is 14.6 Å². The van der Waals surface area contributed by atoms with Gasteiger partial charge in [-0.2, -0.15) is 5.10 Å². The van der Waals surface area contributed by atoms with Gasteiger partial charge in [-0.25, -0.2) is 14.2 Å². The van der Waals surface area contributed by atoms with Gasteiger partial charge in [-0.1, -0.05) is 23.7 Å². The Kier molecular flexibility index (Phi) is 6.15. The number of benzene rings is 2. The van der Waals surface area contributed by atoms with Crippen molar-refractivity contribution in [1.82, 2.24) is 19.3 Å². The Morgan fingerprint density at radius 1 is 1.22 bits per heavy atom. The number of carbonyl (C=O) groups is 1. The molecule has 0 bridgehead atoms. The number of halogens is 2. The van der Waals surface area contributed by atoms with Gasteiger partial charge in [0.25, 0.3) is 0 Å². The van der Waals surface area contributed by atoms with Crippen LogP contribution >= 0.6 is 22.9 Å². The molecule has 0 fully saturated rings. The highest BCUT2D eigenvalue weighted by Gasteiger charge is 2.24. The Bertz CT molecular complexity index is 1610. The van der Waals surface area contributed by atoms with E-state index in [9.17, 15) is 14.3 Å². The number of rotatable bonds is 6. The molecule has 184 valence electrons. The van der Waals surface area contributed by atoms with E-state index in [2.05, 4.69) is 10.1 Å². The van der Waals surface area contributed by atoms with Gasteiger partial charge in [-0.3, -0.25) is 9.25 Å². The minimum Gasteiger partial charge on any atom is -0.504 e. The van der Waals surface area contributed by atoms with Crippen LogP contribution in [0.15, 0.2) is 55.1 Å². The zero-order chi connectivity index (χ0) is 25.6. The molecule has 0 spiro atoms. The number of aromatic nitrogens is 4. The summed E-state index contributed by atoms with van der Waals surface area (Å²) in [7, 11) is 3.15. The highest BCUT2D eigenvalue weighted by molar-refractivity contribution is 7.16. The van der Waals surface area contributed by atoms with E-state index in [1.54, 1.807) is 30.2 Å². The predicted molar refractivity (Wildman–Crippen MR) is 135 cm³/mol. The molecule has 0 aliphatic carbocycles. The van der Waals surface area contributed by atoms with Crippen molar-refractivity contribution >= 4 is 39.9 Å². The summed E-state index contributed by atoms with van der Waals surface area (Å²) < 4.78 is 28.2. The molecule has 3 aromatic heterocycles. The molecule has 1 atom stereocenters. The monoisotopic (exact) mass is 526 g/mol. The third-order valence-corrected chi connectivity index (χ3v) is 7.21. The number of methoxy groups -OCH3 is 1. The Morgan fingerprint density at radius 3 is 2.75 bits per heavy atom. The van der Waals surface area contributed by atoms with Crippen molar-refractivity contribution in [3.05, 3.63) is 76.4 Å². The lowest BCUT2D eigenvalue weighted by atomic mass is 10.1. The zero-order valence-electron chi connectivity index (χ0n) is 19.4. The molecule has 5 rings (SSSR count). The third-order valence-electron chi connectivity index (χ3n) is 5.72. The lowest BCUT2D eigenvalue weighted by molar-refractivity contribution is 0.0600. The SMILES string of the molecule is COC(=O)c1sc(-n2cnc3cc(-c4cnn(C)c4)ccc32)cc1OC(C)c1ccc(F)c(O)c1Cl. The van der Waals surface area contributed by atoms with Crippen molar-refractivity contribution < 1.29 is 23.8 Å². The molecular weight excluding hydrogens is 507 g/mol. The first-order valence-corrected chi connectivity index (χ1v) is 12.0. The van der Waals surface area contributed by atoms with E-state index in [4.69, 9.17) is 21.1 Å². The number of thiophene rings is 1. The second kappa shape index (κ2) is 9.29. The van der Waals surface area contributed by atoms with Crippen molar-refractivity contribution in [2.24, 2.45) is 7.05 Å². The van der Waals surface area contributed by atoms with Crippen LogP contribution in [0.2, 0.25) is 5.02 Å². The number of phenols is 1. The molecule has 11 heteroatoms. The number of fused-ring (bicyclic) bond motifs is 1. The summed E-state index contributed by atoms with van der Waals surface area (Å²) in [5.41, 5.74) is 3.95. The first-order chi connectivity index (χ1) is 17.3. The Morgan fingerprint density at radius 2 is 2.03 bits per heavy atom. The Labute approximate surface area is 214 Å². The molecule has 0 saturated heterocycles. The van der Waals surface area contributed by atoms with Crippen LogP contribution in [0.3, 0.4) is 0 Å². The van der Waals surface area contributed by atoms with Gasteiger partial charge in [0.15, 0.2) is 16.4 Å². The van der Waals surface area contributed by atoms with Gasteiger partial charge >= 0.3 is 5.97 Å². The van der Waals surface area contributed by atoms with Crippen LogP contribution in [0, 0.1) is 5.82 Å². The van der Waals surface area contributed by atoms with Crippen LogP contribution < -0.4 is 4.74 Å². The average molecular weight is 527 g/mol. The van der Waals surface area contributed by atoms with Crippen LogP contribution in [0.25, 0.3) is 27.2 Å². The fourth-order valence-corrected chi connectivity index (χ4v) is 5.17. The van der Waals surface area contributed by atoms with Crippen LogP contribution in [0.4, 0.5) is 4.39 Å². The van der Waals surface area contributed by atoms with E-state index in [0.717, 1.165) is 28.2 Å². The molecule has 0 saturated carbocycles. The molecule has 8 nitrogen and oxygen atoms in total. The molecule has 0 aliphatic rings. The van der Waals surface area contributed by atoms with E-state index in [1.807, 2.05) is 36.0 Å². The van der Waals surface area contributed by atoms with E-state index in [-0.39, 0.29) is 15.6 Å². The van der Waals surface area contributed by atoms with Crippen molar-refractivity contribution in [3.63, 3.8) is 0 Å². The maximum absolute atomic E-state index is 13.6. The first kappa shape index (κ1) is 23.8. The second-order valence-corrected chi connectivity index (χ2v) is 9.46. The third kappa shape index (κ3) is 4.18. The number of esters is 1. The molecule has 0 aliphatic heterocycles. The largest absolute Gasteiger partial charge is 0.504 e. The van der Waals surface area contributed by atoms with Crippen LogP contribution in [-0.2, 0) is 11.8 Å². The summed E-state index contributed by atoms with van der Waals surface area (Å²) in [4.78, 5) is 17.3. The minimum atomic E-state index is -0.831. The summed E-state index contributed by atoms with van der Waals surface area (Å²) in [6.45, 7) is 1.68. The maximum atomic E-state index is 13.6. The standard InChI is InChI=1S/C25H20ClFN4O4S/c1-13(16-5-6-17(27)23(32)22(16)26)35-20-9-21(36-24(20)25(33)34-3)31-12-28-18-8-14(4-7-19(18)31)15-10-29-30(2)11-15/h4-13,32H,1-3H3. The van der Waals surface area contributed by atoms with Gasteiger partial charge in [0, 0.05) is 30.4 Å². The molecule has 5 aromatic rings. The fourth-order valence-electron chi connectivity index (χ4n) is 3.87. The highest BCUT2D eigenvalue weighted by Crippen LogP contribution is 2.39. The van der Waals surface area contributed by atoms with Crippen molar-refractivity contribution in [1.29, 1.82) is 0 Å². The molecule has 3 heterocycles.